The molecule has 4 aromatic carbocycles. The van der Waals surface area contributed by atoms with Crippen molar-refractivity contribution in [2.75, 3.05) is 0 Å². The number of halogens is 2. The zero-order valence-corrected chi connectivity index (χ0v) is 36.2. The molecule has 1 atom stereocenters. The van der Waals surface area contributed by atoms with Gasteiger partial charge in [-0.1, -0.05) is 81.0 Å². The summed E-state index contributed by atoms with van der Waals surface area (Å²) >= 11 is 1.46. The fourth-order valence-corrected chi connectivity index (χ4v) is 6.68. The van der Waals surface area contributed by atoms with E-state index in [0.29, 0.717) is 11.3 Å². The van der Waals surface area contributed by atoms with Crippen LogP contribution in [0, 0.1) is 23.5 Å². The third-order valence-electron chi connectivity index (χ3n) is 9.19. The molecule has 51 heavy (non-hydrogen) atoms. The summed E-state index contributed by atoms with van der Waals surface area (Å²) < 4.78 is 1.42. The second-order valence-corrected chi connectivity index (χ2v) is 17.6. The van der Waals surface area contributed by atoms with E-state index in [0.717, 1.165) is 12.0 Å². The Morgan fingerprint density at radius 1 is 0.686 bits per heavy atom. The fraction of sp³-hybridized carbons (Fsp3) is 0.312. The van der Waals surface area contributed by atoms with Crippen molar-refractivity contribution in [3.05, 3.63) is 166 Å². The number of hydrogen-bond donors (Lipinski definition) is 0. The van der Waals surface area contributed by atoms with Crippen LogP contribution in [0.15, 0.2) is 110 Å². The molecule has 4 aromatic rings. The van der Waals surface area contributed by atoms with Crippen LogP contribution in [-0.4, -0.2) is 3.21 Å². The number of hydrogen-bond acceptors (Lipinski definition) is 0. The molecule has 0 bridgehead atoms. The van der Waals surface area contributed by atoms with Crippen molar-refractivity contribution in [3.63, 3.8) is 0 Å². The van der Waals surface area contributed by atoms with E-state index in [1.807, 2.05) is 18.2 Å². The van der Waals surface area contributed by atoms with Crippen molar-refractivity contribution in [1.82, 2.24) is 0 Å². The molecule has 0 radical (unpaired) electrons. The Morgan fingerprint density at radius 3 is 1.57 bits per heavy atom. The molecular formula is C48H54Cl2Zr-2. The minimum Gasteiger partial charge on any atom is -1.00 e. The van der Waals surface area contributed by atoms with Gasteiger partial charge >= 0.3 is 151 Å². The zero-order chi connectivity index (χ0) is 36.1. The molecule has 2 aliphatic carbocycles. The Hall–Kier alpha value is -2.83. The Balaban J connectivity index is 0.000000277. The summed E-state index contributed by atoms with van der Waals surface area (Å²) in [7, 11) is 0. The minimum atomic E-state index is 0. The standard InChI is InChI=1S/C21H26.C17H13.C10H15.2ClH.Zr/c1-20(2,3)18-11-7-16(8-12-18)15-17-9-13-19(14-10-17)21(4,5)6;1-3-12-5-7-14-11-15-8-6-13(4-2)10-17(15)16(14)9-12;1-8-5-6-9(7-8)10(2,3)4;;;/h7-14H,1-6H3;3-7,9-10H,1-2,11H2;6-8H,1-4H3;2*1H;/q;2*-1;;;+2/p-2. The molecule has 1 unspecified atom stereocenters. The molecule has 6 rings (SSSR count). The average Bonchev–Trinajstić information content (AvgIpc) is 3.67. The van der Waals surface area contributed by atoms with Gasteiger partial charge in [-0.3, -0.25) is 6.08 Å². The van der Waals surface area contributed by atoms with Crippen LogP contribution in [0.2, 0.25) is 0 Å². The Morgan fingerprint density at radius 2 is 1.18 bits per heavy atom. The summed E-state index contributed by atoms with van der Waals surface area (Å²) in [5, 5.41) is 0. The summed E-state index contributed by atoms with van der Waals surface area (Å²) in [6, 6.07) is 32.2. The normalized spacial score (nSPS) is 14.2. The summed E-state index contributed by atoms with van der Waals surface area (Å²) in [5.41, 5.74) is 15.2. The van der Waals surface area contributed by atoms with Crippen molar-refractivity contribution in [3.8, 4) is 11.1 Å². The number of fused-ring (bicyclic) bond motifs is 3. The van der Waals surface area contributed by atoms with Gasteiger partial charge < -0.3 is 24.8 Å². The molecule has 0 nitrogen and oxygen atoms in total. The van der Waals surface area contributed by atoms with E-state index in [1.54, 1.807) is 0 Å². The van der Waals surface area contributed by atoms with Crippen molar-refractivity contribution in [1.29, 1.82) is 0 Å². The van der Waals surface area contributed by atoms with Gasteiger partial charge in [0.1, 0.15) is 0 Å². The van der Waals surface area contributed by atoms with Crippen LogP contribution in [0.3, 0.4) is 0 Å². The van der Waals surface area contributed by atoms with Gasteiger partial charge in [-0.2, -0.15) is 35.4 Å². The first-order chi connectivity index (χ1) is 22.9. The fourth-order valence-electron chi connectivity index (χ4n) is 5.86. The molecule has 0 aromatic heterocycles. The molecule has 0 spiro atoms. The maximum atomic E-state index is 3.82. The van der Waals surface area contributed by atoms with Crippen LogP contribution >= 0.6 is 0 Å². The summed E-state index contributed by atoms with van der Waals surface area (Å²) in [5.74, 6) is 0.522. The van der Waals surface area contributed by atoms with Gasteiger partial charge in [0, 0.05) is 0 Å². The number of benzene rings is 4. The first kappa shape index (κ1) is 44.3. The quantitative estimate of drug-likeness (QED) is 0.178. The topological polar surface area (TPSA) is 0 Å². The van der Waals surface area contributed by atoms with Gasteiger partial charge in [0.15, 0.2) is 0 Å². The average molecular weight is 793 g/mol. The van der Waals surface area contributed by atoms with Gasteiger partial charge in [-0.25, -0.2) is 6.08 Å². The monoisotopic (exact) mass is 790 g/mol. The number of allylic oxidation sites excluding steroid dienone is 4. The molecule has 266 valence electrons. The Kier molecular flexibility index (Phi) is 15.9. The van der Waals surface area contributed by atoms with E-state index < -0.39 is 0 Å². The molecule has 3 heteroatoms. The van der Waals surface area contributed by atoms with E-state index in [2.05, 4.69) is 179 Å². The van der Waals surface area contributed by atoms with Gasteiger partial charge in [0.25, 0.3) is 0 Å². The van der Waals surface area contributed by atoms with Crippen molar-refractivity contribution >= 4 is 15.4 Å². The van der Waals surface area contributed by atoms with Gasteiger partial charge in [-0.05, 0) is 12.0 Å². The second-order valence-electron chi connectivity index (χ2n) is 16.3. The first-order valence-corrected chi connectivity index (χ1v) is 18.7. The van der Waals surface area contributed by atoms with Crippen LogP contribution in [0.25, 0.3) is 23.3 Å². The van der Waals surface area contributed by atoms with E-state index in [9.17, 15) is 0 Å². The molecule has 0 amide bonds. The molecule has 0 N–H and O–H groups in total. The van der Waals surface area contributed by atoms with Gasteiger partial charge in [0.05, 0.1) is 0 Å². The minimum absolute atomic E-state index is 0. The van der Waals surface area contributed by atoms with Crippen LogP contribution in [0.5, 0.6) is 0 Å². The van der Waals surface area contributed by atoms with E-state index in [1.165, 1.54) is 83.1 Å². The van der Waals surface area contributed by atoms with Crippen molar-refractivity contribution in [2.45, 2.75) is 86.5 Å². The zero-order valence-electron chi connectivity index (χ0n) is 32.3. The van der Waals surface area contributed by atoms with Crippen LogP contribution < -0.4 is 24.8 Å². The van der Waals surface area contributed by atoms with Crippen LogP contribution in [-0.2, 0) is 41.5 Å². The predicted octanol–water partition coefficient (Wildman–Crippen LogP) is 6.72. The molecule has 0 saturated heterocycles. The summed E-state index contributed by atoms with van der Waals surface area (Å²) in [6.45, 7) is 30.0. The van der Waals surface area contributed by atoms with Crippen molar-refractivity contribution < 1.29 is 49.0 Å². The Bertz CT molecular complexity index is 1750. The molecule has 0 heterocycles. The van der Waals surface area contributed by atoms with Crippen LogP contribution in [0.4, 0.5) is 0 Å². The third-order valence-corrected chi connectivity index (χ3v) is 10.6. The molecule has 2 aliphatic rings. The molecule has 0 aliphatic heterocycles. The molecule has 0 fully saturated rings. The first-order valence-electron chi connectivity index (χ1n) is 17.5. The largest absolute Gasteiger partial charge is 1.00 e. The Labute approximate surface area is 337 Å². The smallest absolute Gasteiger partial charge is 0.0716 e. The van der Waals surface area contributed by atoms with Gasteiger partial charge in [-0.15, -0.1) is 23.8 Å². The maximum Gasteiger partial charge on any atom is -0.0716 e. The van der Waals surface area contributed by atoms with Gasteiger partial charge in [0.2, 0.25) is 0 Å². The third kappa shape index (κ3) is 11.8. The maximum absolute atomic E-state index is 3.82. The van der Waals surface area contributed by atoms with E-state index in [4.69, 9.17) is 0 Å². The van der Waals surface area contributed by atoms with E-state index in [-0.39, 0.29) is 35.6 Å². The summed E-state index contributed by atoms with van der Waals surface area (Å²) in [6.07, 6.45) is 12.4. The SMILES string of the molecule is C=Cc1c[c-]c2c(c1)-c1cc(C=C)ccc1C2.CC(C)(C)c1ccc([C](=[Zr+2])c2ccc(C(C)(C)C)cc2)cc1.CC1[C-]=CC(C(C)(C)C)=C1.[Cl-].[Cl-]. The predicted molar refractivity (Wildman–Crippen MR) is 212 cm³/mol. The van der Waals surface area contributed by atoms with Crippen molar-refractivity contribution in [2.24, 2.45) is 11.3 Å². The van der Waals surface area contributed by atoms with E-state index >= 15 is 0 Å². The summed E-state index contributed by atoms with van der Waals surface area (Å²) in [4.78, 5) is 0. The second kappa shape index (κ2) is 18.3. The molecular weight excluding hydrogens is 739 g/mol. The molecule has 0 saturated carbocycles. The number of rotatable bonds is 4. The van der Waals surface area contributed by atoms with Crippen LogP contribution in [0.1, 0.15) is 114 Å².